The largest absolute Gasteiger partial charge is 0.453 e. The average molecular weight is 271 g/mol. The molecule has 0 radical (unpaired) electrons. The summed E-state index contributed by atoms with van der Waals surface area (Å²) in [5.74, 6) is 0.385. The molecular formula is C15H13NO2S. The average Bonchev–Trinajstić information content (AvgIpc) is 2.96. The van der Waals surface area contributed by atoms with Crippen LogP contribution < -0.4 is 0 Å². The summed E-state index contributed by atoms with van der Waals surface area (Å²) in [7, 11) is 0. The van der Waals surface area contributed by atoms with Gasteiger partial charge in [-0.05, 0) is 25.5 Å². The van der Waals surface area contributed by atoms with Gasteiger partial charge in [-0.15, -0.1) is 11.3 Å². The van der Waals surface area contributed by atoms with Crippen LogP contribution in [0.25, 0.3) is 11.0 Å². The van der Waals surface area contributed by atoms with Gasteiger partial charge in [0.05, 0.1) is 17.1 Å². The molecule has 0 saturated carbocycles. The number of aromatic nitrogens is 1. The molecule has 19 heavy (non-hydrogen) atoms. The first-order valence-electron chi connectivity index (χ1n) is 6.07. The van der Waals surface area contributed by atoms with Gasteiger partial charge in [0, 0.05) is 10.8 Å². The Kier molecular flexibility index (Phi) is 2.95. The third kappa shape index (κ3) is 2.31. The molecule has 0 bridgehead atoms. The van der Waals surface area contributed by atoms with Gasteiger partial charge in [0.15, 0.2) is 5.76 Å². The van der Waals surface area contributed by atoms with Gasteiger partial charge >= 0.3 is 0 Å². The molecule has 4 heteroatoms. The van der Waals surface area contributed by atoms with Crippen LogP contribution >= 0.6 is 11.3 Å². The molecule has 0 unspecified atom stereocenters. The topological polar surface area (TPSA) is 43.1 Å². The lowest BCUT2D eigenvalue weighted by Gasteiger charge is -1.94. The van der Waals surface area contributed by atoms with Gasteiger partial charge in [-0.2, -0.15) is 0 Å². The number of carbonyl (C=O) groups excluding carboxylic acids is 1. The standard InChI is InChI=1S/C15H13NO2S/c1-9-4-3-5-11-6-14(18-15(9)11)13(17)7-12-8-19-10(2)16-12/h3-6,8H,7H2,1-2H3. The van der Waals surface area contributed by atoms with Crippen molar-refractivity contribution in [2.75, 3.05) is 0 Å². The van der Waals surface area contributed by atoms with Crippen LogP contribution in [0.4, 0.5) is 0 Å². The normalized spacial score (nSPS) is 11.1. The van der Waals surface area contributed by atoms with Crippen molar-refractivity contribution in [3.63, 3.8) is 0 Å². The number of ketones is 1. The Bertz CT molecular complexity index is 754. The van der Waals surface area contributed by atoms with E-state index >= 15 is 0 Å². The zero-order chi connectivity index (χ0) is 13.4. The summed E-state index contributed by atoms with van der Waals surface area (Å²) in [6, 6.07) is 7.70. The number of fused-ring (bicyclic) bond motifs is 1. The molecule has 3 nitrogen and oxygen atoms in total. The van der Waals surface area contributed by atoms with Crippen LogP contribution in [-0.2, 0) is 6.42 Å². The molecule has 3 rings (SSSR count). The second-order valence-electron chi connectivity index (χ2n) is 4.56. The predicted octanol–water partition coefficient (Wildman–Crippen LogP) is 3.93. The Morgan fingerprint density at radius 1 is 1.37 bits per heavy atom. The monoisotopic (exact) mass is 271 g/mol. The molecule has 0 aliphatic rings. The lowest BCUT2D eigenvalue weighted by atomic mass is 10.1. The first-order valence-corrected chi connectivity index (χ1v) is 6.95. The quantitative estimate of drug-likeness (QED) is 0.678. The fraction of sp³-hybridized carbons (Fsp3) is 0.200. The number of Topliss-reactive ketones (excluding diaryl/α,β-unsaturated/α-hetero) is 1. The zero-order valence-electron chi connectivity index (χ0n) is 10.8. The van der Waals surface area contributed by atoms with Gasteiger partial charge < -0.3 is 4.42 Å². The fourth-order valence-electron chi connectivity index (χ4n) is 2.09. The summed E-state index contributed by atoms with van der Waals surface area (Å²) in [6.45, 7) is 3.91. The molecule has 2 aromatic heterocycles. The molecule has 0 amide bonds. The number of hydrogen-bond acceptors (Lipinski definition) is 4. The number of aryl methyl sites for hydroxylation is 2. The van der Waals surface area contributed by atoms with Crippen molar-refractivity contribution in [1.82, 2.24) is 4.98 Å². The SMILES string of the molecule is Cc1nc(CC(=O)c2cc3cccc(C)c3o2)cs1. The van der Waals surface area contributed by atoms with E-state index in [0.717, 1.165) is 27.2 Å². The first-order chi connectivity index (χ1) is 9.13. The Morgan fingerprint density at radius 3 is 2.89 bits per heavy atom. The van der Waals surface area contributed by atoms with Crippen molar-refractivity contribution in [3.05, 3.63) is 51.7 Å². The molecule has 0 N–H and O–H groups in total. The maximum Gasteiger partial charge on any atom is 0.203 e. The second-order valence-corrected chi connectivity index (χ2v) is 5.62. The number of carbonyl (C=O) groups is 1. The van der Waals surface area contributed by atoms with Crippen molar-refractivity contribution in [2.24, 2.45) is 0 Å². The Balaban J connectivity index is 1.91. The number of thiazole rings is 1. The molecule has 3 aromatic rings. The lowest BCUT2D eigenvalue weighted by Crippen LogP contribution is -2.02. The van der Waals surface area contributed by atoms with Crippen molar-refractivity contribution in [1.29, 1.82) is 0 Å². The van der Waals surface area contributed by atoms with E-state index in [1.165, 1.54) is 0 Å². The highest BCUT2D eigenvalue weighted by atomic mass is 32.1. The van der Waals surface area contributed by atoms with Gasteiger partial charge in [-0.25, -0.2) is 4.98 Å². The highest BCUT2D eigenvalue weighted by molar-refractivity contribution is 7.09. The van der Waals surface area contributed by atoms with Crippen LogP contribution in [0.3, 0.4) is 0 Å². The molecule has 0 saturated heterocycles. The van der Waals surface area contributed by atoms with Crippen LogP contribution in [0.1, 0.15) is 26.8 Å². The minimum absolute atomic E-state index is 0.0269. The smallest absolute Gasteiger partial charge is 0.203 e. The van der Waals surface area contributed by atoms with Crippen molar-refractivity contribution in [2.45, 2.75) is 20.3 Å². The molecule has 0 spiro atoms. The number of nitrogens with zero attached hydrogens (tertiary/aromatic N) is 1. The summed E-state index contributed by atoms with van der Waals surface area (Å²) in [4.78, 5) is 16.5. The Morgan fingerprint density at radius 2 is 2.21 bits per heavy atom. The highest BCUT2D eigenvalue weighted by Crippen LogP contribution is 2.23. The summed E-state index contributed by atoms with van der Waals surface area (Å²) in [5, 5.41) is 3.86. The van der Waals surface area contributed by atoms with E-state index in [-0.39, 0.29) is 5.78 Å². The second kappa shape index (κ2) is 4.63. The maximum absolute atomic E-state index is 12.2. The molecule has 2 heterocycles. The minimum Gasteiger partial charge on any atom is -0.453 e. The molecule has 0 aliphatic carbocycles. The van der Waals surface area contributed by atoms with Crippen LogP contribution in [0.15, 0.2) is 34.1 Å². The molecule has 0 atom stereocenters. The lowest BCUT2D eigenvalue weighted by molar-refractivity contribution is 0.0967. The van der Waals surface area contributed by atoms with Gasteiger partial charge in [-0.1, -0.05) is 18.2 Å². The van der Waals surface area contributed by atoms with Crippen molar-refractivity contribution in [3.8, 4) is 0 Å². The number of para-hydroxylation sites is 1. The van der Waals surface area contributed by atoms with Gasteiger partial charge in [0.25, 0.3) is 0 Å². The summed E-state index contributed by atoms with van der Waals surface area (Å²) in [5.41, 5.74) is 2.64. The highest BCUT2D eigenvalue weighted by Gasteiger charge is 2.15. The van der Waals surface area contributed by atoms with E-state index in [2.05, 4.69) is 4.98 Å². The molecule has 1 aromatic carbocycles. The van der Waals surface area contributed by atoms with Crippen LogP contribution in [-0.4, -0.2) is 10.8 Å². The van der Waals surface area contributed by atoms with Crippen LogP contribution in [0.5, 0.6) is 0 Å². The number of rotatable bonds is 3. The minimum atomic E-state index is -0.0269. The summed E-state index contributed by atoms with van der Waals surface area (Å²) < 4.78 is 5.67. The van der Waals surface area contributed by atoms with Crippen molar-refractivity contribution < 1.29 is 9.21 Å². The molecule has 0 fully saturated rings. The predicted molar refractivity (Wildman–Crippen MR) is 75.8 cm³/mol. The zero-order valence-corrected chi connectivity index (χ0v) is 11.6. The Hall–Kier alpha value is -1.94. The van der Waals surface area contributed by atoms with Crippen molar-refractivity contribution >= 4 is 28.1 Å². The van der Waals surface area contributed by atoms with E-state index < -0.39 is 0 Å². The molecule has 96 valence electrons. The molecule has 0 aliphatic heterocycles. The summed E-state index contributed by atoms with van der Waals surface area (Å²) >= 11 is 1.56. The van der Waals surface area contributed by atoms with E-state index in [9.17, 15) is 4.79 Å². The fourth-order valence-corrected chi connectivity index (χ4v) is 2.70. The number of benzene rings is 1. The van der Waals surface area contributed by atoms with Gasteiger partial charge in [-0.3, -0.25) is 4.79 Å². The maximum atomic E-state index is 12.2. The number of hydrogen-bond donors (Lipinski definition) is 0. The van der Waals surface area contributed by atoms with E-state index in [4.69, 9.17) is 4.42 Å². The molecular weight excluding hydrogens is 258 g/mol. The van der Waals surface area contributed by atoms with Crippen LogP contribution in [0, 0.1) is 13.8 Å². The van der Waals surface area contributed by atoms with Crippen LogP contribution in [0.2, 0.25) is 0 Å². The first kappa shape index (κ1) is 12.1. The third-order valence-electron chi connectivity index (χ3n) is 3.02. The van der Waals surface area contributed by atoms with Gasteiger partial charge in [0.1, 0.15) is 5.58 Å². The summed E-state index contributed by atoms with van der Waals surface area (Å²) in [6.07, 6.45) is 0.295. The third-order valence-corrected chi connectivity index (χ3v) is 3.85. The number of furan rings is 1. The van der Waals surface area contributed by atoms with Gasteiger partial charge in [0.2, 0.25) is 5.78 Å². The van der Waals surface area contributed by atoms with E-state index in [1.54, 1.807) is 11.3 Å². The Labute approximate surface area is 114 Å². The van der Waals surface area contributed by atoms with E-state index in [1.807, 2.05) is 43.5 Å². The van der Waals surface area contributed by atoms with E-state index in [0.29, 0.717) is 12.2 Å².